The van der Waals surface area contributed by atoms with Gasteiger partial charge < -0.3 is 20.3 Å². The number of anilines is 1. The van der Waals surface area contributed by atoms with Crippen molar-refractivity contribution in [1.29, 1.82) is 0 Å². The van der Waals surface area contributed by atoms with Crippen LogP contribution in [0.1, 0.15) is 16.2 Å². The van der Waals surface area contributed by atoms with E-state index in [1.165, 1.54) is 0 Å². The summed E-state index contributed by atoms with van der Waals surface area (Å²) in [6.45, 7) is 0.735. The van der Waals surface area contributed by atoms with E-state index >= 15 is 0 Å². The van der Waals surface area contributed by atoms with Crippen LogP contribution in [0.4, 0.5) is 5.69 Å². The van der Waals surface area contributed by atoms with Crippen LogP contribution in [0.2, 0.25) is 0 Å². The standard InChI is InChI=1S/C8H13N3O3/c1-11(2)4-3-5-6(9)7(8(12)13)10-14-5/h3-4,9H2,1-2H3,(H,12,13). The minimum atomic E-state index is -1.16. The first kappa shape index (κ1) is 10.5. The van der Waals surface area contributed by atoms with Gasteiger partial charge in [0.25, 0.3) is 0 Å². The summed E-state index contributed by atoms with van der Waals surface area (Å²) in [7, 11) is 3.81. The Morgan fingerprint density at radius 1 is 1.64 bits per heavy atom. The topological polar surface area (TPSA) is 92.6 Å². The highest BCUT2D eigenvalue weighted by Gasteiger charge is 2.18. The van der Waals surface area contributed by atoms with Gasteiger partial charge >= 0.3 is 5.97 Å². The summed E-state index contributed by atoms with van der Waals surface area (Å²) in [5, 5.41) is 12.0. The first-order chi connectivity index (χ1) is 6.52. The highest BCUT2D eigenvalue weighted by molar-refractivity contribution is 5.91. The Labute approximate surface area is 81.3 Å². The number of aromatic carboxylic acids is 1. The minimum Gasteiger partial charge on any atom is -0.476 e. The molecule has 78 valence electrons. The van der Waals surface area contributed by atoms with Crippen LogP contribution in [0.25, 0.3) is 0 Å². The Hall–Kier alpha value is -1.56. The lowest BCUT2D eigenvalue weighted by Gasteiger charge is -2.06. The molecule has 0 radical (unpaired) electrons. The van der Waals surface area contributed by atoms with E-state index in [4.69, 9.17) is 15.4 Å². The molecule has 0 aliphatic heterocycles. The summed E-state index contributed by atoms with van der Waals surface area (Å²) in [5.41, 5.74) is 5.45. The van der Waals surface area contributed by atoms with Crippen LogP contribution in [0.3, 0.4) is 0 Å². The molecule has 3 N–H and O–H groups in total. The molecule has 0 aromatic carbocycles. The van der Waals surface area contributed by atoms with Gasteiger partial charge in [0.15, 0.2) is 5.76 Å². The van der Waals surface area contributed by atoms with Crippen molar-refractivity contribution in [3.05, 3.63) is 11.5 Å². The van der Waals surface area contributed by atoms with Crippen LogP contribution in [0, 0.1) is 0 Å². The van der Waals surface area contributed by atoms with Crippen molar-refractivity contribution < 1.29 is 14.4 Å². The fraction of sp³-hybridized carbons (Fsp3) is 0.500. The number of aromatic nitrogens is 1. The number of rotatable bonds is 4. The van der Waals surface area contributed by atoms with Crippen LogP contribution in [0.15, 0.2) is 4.52 Å². The summed E-state index contributed by atoms with van der Waals surface area (Å²) in [4.78, 5) is 12.5. The zero-order valence-electron chi connectivity index (χ0n) is 8.15. The predicted octanol–water partition coefficient (Wildman–Crippen LogP) is 0.0591. The van der Waals surface area contributed by atoms with Crippen molar-refractivity contribution in [2.24, 2.45) is 0 Å². The molecule has 0 unspecified atom stereocenters. The van der Waals surface area contributed by atoms with Gasteiger partial charge in [-0.1, -0.05) is 5.16 Å². The quantitative estimate of drug-likeness (QED) is 0.712. The minimum absolute atomic E-state index is 0.124. The Balaban J connectivity index is 2.74. The smallest absolute Gasteiger partial charge is 0.360 e. The monoisotopic (exact) mass is 199 g/mol. The lowest BCUT2D eigenvalue weighted by Crippen LogP contribution is -2.15. The molecular formula is C8H13N3O3. The summed E-state index contributed by atoms with van der Waals surface area (Å²) in [6.07, 6.45) is 0.555. The van der Waals surface area contributed by atoms with Crippen LogP contribution < -0.4 is 5.73 Å². The second kappa shape index (κ2) is 4.10. The molecule has 6 nitrogen and oxygen atoms in total. The van der Waals surface area contributed by atoms with Gasteiger partial charge in [0, 0.05) is 13.0 Å². The van der Waals surface area contributed by atoms with Gasteiger partial charge in [-0.3, -0.25) is 0 Å². The van der Waals surface area contributed by atoms with Crippen molar-refractivity contribution in [1.82, 2.24) is 10.1 Å². The first-order valence-electron chi connectivity index (χ1n) is 4.14. The molecule has 0 atom stereocenters. The molecule has 0 amide bonds. The van der Waals surface area contributed by atoms with E-state index in [0.29, 0.717) is 12.2 Å². The van der Waals surface area contributed by atoms with Gasteiger partial charge in [0.2, 0.25) is 5.69 Å². The normalized spacial score (nSPS) is 10.8. The van der Waals surface area contributed by atoms with E-state index in [1.54, 1.807) is 0 Å². The summed E-state index contributed by atoms with van der Waals surface area (Å²) >= 11 is 0. The van der Waals surface area contributed by atoms with Gasteiger partial charge in [-0.2, -0.15) is 0 Å². The van der Waals surface area contributed by atoms with Crippen LogP contribution >= 0.6 is 0 Å². The summed E-state index contributed by atoms with van der Waals surface area (Å²) in [6, 6.07) is 0. The van der Waals surface area contributed by atoms with E-state index in [0.717, 1.165) is 6.54 Å². The fourth-order valence-corrected chi connectivity index (χ4v) is 0.991. The molecule has 0 aliphatic rings. The third-order valence-electron chi connectivity index (χ3n) is 1.79. The molecule has 0 saturated heterocycles. The third-order valence-corrected chi connectivity index (χ3v) is 1.79. The molecule has 0 spiro atoms. The predicted molar refractivity (Wildman–Crippen MR) is 50.1 cm³/mol. The van der Waals surface area contributed by atoms with Crippen LogP contribution in [0.5, 0.6) is 0 Å². The van der Waals surface area contributed by atoms with Crippen molar-refractivity contribution in [2.45, 2.75) is 6.42 Å². The molecule has 1 heterocycles. The van der Waals surface area contributed by atoms with E-state index < -0.39 is 5.97 Å². The summed E-state index contributed by atoms with van der Waals surface area (Å²) < 4.78 is 4.82. The van der Waals surface area contributed by atoms with Crippen molar-refractivity contribution in [3.8, 4) is 0 Å². The van der Waals surface area contributed by atoms with Gasteiger partial charge in [-0.15, -0.1) is 0 Å². The zero-order chi connectivity index (χ0) is 10.7. The number of nitrogen functional groups attached to an aromatic ring is 1. The van der Waals surface area contributed by atoms with Crippen molar-refractivity contribution >= 4 is 11.7 Å². The Morgan fingerprint density at radius 2 is 2.29 bits per heavy atom. The average molecular weight is 199 g/mol. The molecule has 0 aliphatic carbocycles. The highest BCUT2D eigenvalue weighted by atomic mass is 16.5. The number of carbonyl (C=O) groups is 1. The highest BCUT2D eigenvalue weighted by Crippen LogP contribution is 2.17. The van der Waals surface area contributed by atoms with Gasteiger partial charge in [0.05, 0.1) is 0 Å². The maximum atomic E-state index is 10.6. The Kier molecular flexibility index (Phi) is 3.08. The number of nitrogens with two attached hydrogens (primary N) is 1. The number of carboxylic acid groups (broad SMARTS) is 1. The zero-order valence-corrected chi connectivity index (χ0v) is 8.15. The fourth-order valence-electron chi connectivity index (χ4n) is 0.991. The number of likely N-dealkylation sites (N-methyl/N-ethyl adjacent to an activating group) is 1. The molecule has 6 heteroatoms. The van der Waals surface area contributed by atoms with Gasteiger partial charge in [0.1, 0.15) is 5.69 Å². The van der Waals surface area contributed by atoms with Crippen LogP contribution in [-0.2, 0) is 6.42 Å². The van der Waals surface area contributed by atoms with E-state index in [-0.39, 0.29) is 11.4 Å². The molecule has 0 fully saturated rings. The Morgan fingerprint density at radius 3 is 2.71 bits per heavy atom. The SMILES string of the molecule is CN(C)CCc1onc(C(=O)O)c1N. The molecule has 0 saturated carbocycles. The largest absolute Gasteiger partial charge is 0.476 e. The number of carboxylic acids is 1. The maximum Gasteiger partial charge on any atom is 0.360 e. The van der Waals surface area contributed by atoms with E-state index in [1.807, 2.05) is 19.0 Å². The lowest BCUT2D eigenvalue weighted by molar-refractivity contribution is 0.0686. The van der Waals surface area contributed by atoms with Gasteiger partial charge in [-0.25, -0.2) is 4.79 Å². The van der Waals surface area contributed by atoms with E-state index in [9.17, 15) is 4.79 Å². The number of nitrogens with zero attached hydrogens (tertiary/aromatic N) is 2. The molecule has 0 bridgehead atoms. The molecule has 1 aromatic rings. The summed E-state index contributed by atoms with van der Waals surface area (Å²) in [5.74, 6) is -0.738. The second-order valence-corrected chi connectivity index (χ2v) is 3.23. The number of hydrogen-bond acceptors (Lipinski definition) is 5. The number of hydrogen-bond donors (Lipinski definition) is 2. The van der Waals surface area contributed by atoms with Crippen molar-refractivity contribution in [2.75, 3.05) is 26.4 Å². The van der Waals surface area contributed by atoms with E-state index in [2.05, 4.69) is 5.16 Å². The maximum absolute atomic E-state index is 10.6. The molecule has 14 heavy (non-hydrogen) atoms. The molecule has 1 aromatic heterocycles. The third kappa shape index (κ3) is 2.23. The lowest BCUT2D eigenvalue weighted by atomic mass is 10.2. The first-order valence-corrected chi connectivity index (χ1v) is 4.14. The van der Waals surface area contributed by atoms with Crippen molar-refractivity contribution in [3.63, 3.8) is 0 Å². The average Bonchev–Trinajstić information content (AvgIpc) is 2.43. The second-order valence-electron chi connectivity index (χ2n) is 3.23. The molecule has 1 rings (SSSR count). The molecular weight excluding hydrogens is 186 g/mol. The Bertz CT molecular complexity index is 333. The van der Waals surface area contributed by atoms with Gasteiger partial charge in [-0.05, 0) is 14.1 Å². The van der Waals surface area contributed by atoms with Crippen LogP contribution in [-0.4, -0.2) is 41.8 Å².